The maximum Gasteiger partial charge on any atom is 0.340 e. The van der Waals surface area contributed by atoms with Gasteiger partial charge >= 0.3 is 5.97 Å². The molecule has 15 heavy (non-hydrogen) atoms. The first-order chi connectivity index (χ1) is 7.02. The molecule has 0 radical (unpaired) electrons. The molecule has 0 fully saturated rings. The fourth-order valence-electron chi connectivity index (χ4n) is 1.18. The number of aryl methyl sites for hydroxylation is 1. The predicted molar refractivity (Wildman–Crippen MR) is 60.7 cm³/mol. The van der Waals surface area contributed by atoms with Gasteiger partial charge in [-0.1, -0.05) is 26.0 Å². The Morgan fingerprint density at radius 2 is 2.13 bits per heavy atom. The summed E-state index contributed by atoms with van der Waals surface area (Å²) in [5.74, 6) is -0.00937. The van der Waals surface area contributed by atoms with Crippen LogP contribution in [0.3, 0.4) is 0 Å². The van der Waals surface area contributed by atoms with Crippen LogP contribution in [-0.4, -0.2) is 12.6 Å². The second-order valence-electron chi connectivity index (χ2n) is 4.03. The third-order valence-electron chi connectivity index (χ3n) is 2.09. The summed E-state index contributed by atoms with van der Waals surface area (Å²) in [6, 6.07) is 5.36. The lowest BCUT2D eigenvalue weighted by molar-refractivity contribution is 0.0460. The largest absolute Gasteiger partial charge is 0.462 e. The summed E-state index contributed by atoms with van der Waals surface area (Å²) < 4.78 is 5.11. The van der Waals surface area contributed by atoms with E-state index in [2.05, 4.69) is 0 Å². The van der Waals surface area contributed by atoms with E-state index in [9.17, 15) is 4.79 Å². The van der Waals surface area contributed by atoms with Crippen molar-refractivity contribution in [2.24, 2.45) is 5.92 Å². The van der Waals surface area contributed by atoms with Crippen molar-refractivity contribution in [3.05, 3.63) is 29.3 Å². The van der Waals surface area contributed by atoms with E-state index in [0.29, 0.717) is 23.8 Å². The molecule has 1 rings (SSSR count). The monoisotopic (exact) mass is 207 g/mol. The smallest absolute Gasteiger partial charge is 0.340 e. The molecule has 0 aliphatic carbocycles. The highest BCUT2D eigenvalue weighted by Crippen LogP contribution is 2.17. The van der Waals surface area contributed by atoms with Crippen LogP contribution in [0.5, 0.6) is 0 Å². The van der Waals surface area contributed by atoms with Gasteiger partial charge in [0, 0.05) is 5.69 Å². The molecule has 0 unspecified atom stereocenters. The SMILES string of the molecule is Cc1cccc(C(=O)OCC(C)C)c1N. The average Bonchev–Trinajstić information content (AvgIpc) is 2.18. The van der Waals surface area contributed by atoms with Crippen LogP contribution >= 0.6 is 0 Å². The molecule has 0 saturated carbocycles. The molecule has 0 spiro atoms. The summed E-state index contributed by atoms with van der Waals surface area (Å²) in [5.41, 5.74) is 7.65. The second kappa shape index (κ2) is 4.82. The minimum Gasteiger partial charge on any atom is -0.462 e. The van der Waals surface area contributed by atoms with Gasteiger partial charge in [-0.3, -0.25) is 0 Å². The van der Waals surface area contributed by atoms with Crippen molar-refractivity contribution in [2.45, 2.75) is 20.8 Å². The van der Waals surface area contributed by atoms with E-state index in [-0.39, 0.29) is 5.97 Å². The summed E-state index contributed by atoms with van der Waals surface area (Å²) in [6.07, 6.45) is 0. The number of hydrogen-bond acceptors (Lipinski definition) is 3. The first-order valence-electron chi connectivity index (χ1n) is 5.04. The normalized spacial score (nSPS) is 10.4. The van der Waals surface area contributed by atoms with Crippen molar-refractivity contribution >= 4 is 11.7 Å². The van der Waals surface area contributed by atoms with Gasteiger partial charge in [0.15, 0.2) is 0 Å². The summed E-state index contributed by atoms with van der Waals surface area (Å²) in [6.45, 7) is 6.28. The molecule has 0 bridgehead atoms. The number of carbonyl (C=O) groups is 1. The number of benzene rings is 1. The Kier molecular flexibility index (Phi) is 3.72. The van der Waals surface area contributed by atoms with E-state index in [1.165, 1.54) is 0 Å². The number of hydrogen-bond donors (Lipinski definition) is 1. The Labute approximate surface area is 90.2 Å². The second-order valence-corrected chi connectivity index (χ2v) is 4.03. The van der Waals surface area contributed by atoms with Crippen LogP contribution in [0.4, 0.5) is 5.69 Å². The number of esters is 1. The van der Waals surface area contributed by atoms with E-state index < -0.39 is 0 Å². The van der Waals surface area contributed by atoms with Gasteiger partial charge in [0.25, 0.3) is 0 Å². The molecule has 1 aromatic carbocycles. The minimum absolute atomic E-state index is 0.333. The minimum atomic E-state index is -0.343. The van der Waals surface area contributed by atoms with Crippen molar-refractivity contribution in [1.82, 2.24) is 0 Å². The van der Waals surface area contributed by atoms with Gasteiger partial charge in [-0.05, 0) is 24.5 Å². The molecular formula is C12H17NO2. The lowest BCUT2D eigenvalue weighted by atomic mass is 10.1. The predicted octanol–water partition coefficient (Wildman–Crippen LogP) is 2.39. The summed E-state index contributed by atoms with van der Waals surface area (Å²) in [5, 5.41) is 0. The zero-order chi connectivity index (χ0) is 11.4. The van der Waals surface area contributed by atoms with Crippen LogP contribution in [0.2, 0.25) is 0 Å². The lowest BCUT2D eigenvalue weighted by Crippen LogP contribution is -2.12. The Hall–Kier alpha value is -1.51. The summed E-state index contributed by atoms with van der Waals surface area (Å²) >= 11 is 0. The number of nitrogen functional groups attached to an aromatic ring is 1. The maximum absolute atomic E-state index is 11.6. The Morgan fingerprint density at radius 1 is 1.47 bits per heavy atom. The molecule has 1 aromatic rings. The topological polar surface area (TPSA) is 52.3 Å². The number of nitrogens with two attached hydrogens (primary N) is 1. The number of ether oxygens (including phenoxy) is 1. The lowest BCUT2D eigenvalue weighted by Gasteiger charge is -2.09. The molecule has 0 saturated heterocycles. The Balaban J connectivity index is 2.78. The maximum atomic E-state index is 11.6. The first-order valence-corrected chi connectivity index (χ1v) is 5.04. The van der Waals surface area contributed by atoms with Gasteiger partial charge < -0.3 is 10.5 Å². The van der Waals surface area contributed by atoms with E-state index in [4.69, 9.17) is 10.5 Å². The molecule has 0 atom stereocenters. The zero-order valence-electron chi connectivity index (χ0n) is 9.41. The van der Waals surface area contributed by atoms with Crippen LogP contribution in [0.1, 0.15) is 29.8 Å². The van der Waals surface area contributed by atoms with Gasteiger partial charge in [0.05, 0.1) is 12.2 Å². The Bertz CT molecular complexity index is 359. The molecule has 3 nitrogen and oxygen atoms in total. The van der Waals surface area contributed by atoms with Crippen LogP contribution in [0.15, 0.2) is 18.2 Å². The highest BCUT2D eigenvalue weighted by atomic mass is 16.5. The third-order valence-corrected chi connectivity index (χ3v) is 2.09. The van der Waals surface area contributed by atoms with E-state index in [0.717, 1.165) is 5.56 Å². The van der Waals surface area contributed by atoms with Crippen molar-refractivity contribution in [3.63, 3.8) is 0 Å². The quantitative estimate of drug-likeness (QED) is 0.611. The number of para-hydroxylation sites is 1. The molecule has 82 valence electrons. The summed E-state index contributed by atoms with van der Waals surface area (Å²) in [4.78, 5) is 11.6. The molecule has 2 N–H and O–H groups in total. The molecule has 0 aliphatic rings. The zero-order valence-corrected chi connectivity index (χ0v) is 9.41. The van der Waals surface area contributed by atoms with Gasteiger partial charge in [-0.25, -0.2) is 4.79 Å². The molecule has 0 amide bonds. The standard InChI is InChI=1S/C12H17NO2/c1-8(2)7-15-12(14)10-6-4-5-9(3)11(10)13/h4-6,8H,7,13H2,1-3H3. The van der Waals surface area contributed by atoms with Gasteiger partial charge in [0.1, 0.15) is 0 Å². The first kappa shape index (κ1) is 11.6. The Morgan fingerprint density at radius 3 is 2.73 bits per heavy atom. The molecule has 0 aliphatic heterocycles. The average molecular weight is 207 g/mol. The van der Waals surface area contributed by atoms with Crippen LogP contribution < -0.4 is 5.73 Å². The number of rotatable bonds is 3. The number of anilines is 1. The third kappa shape index (κ3) is 2.98. The fourth-order valence-corrected chi connectivity index (χ4v) is 1.18. The highest BCUT2D eigenvalue weighted by Gasteiger charge is 2.12. The van der Waals surface area contributed by atoms with E-state index in [1.54, 1.807) is 12.1 Å². The number of carbonyl (C=O) groups excluding carboxylic acids is 1. The molecular weight excluding hydrogens is 190 g/mol. The van der Waals surface area contributed by atoms with Crippen LogP contribution in [-0.2, 0) is 4.74 Å². The van der Waals surface area contributed by atoms with Crippen molar-refractivity contribution in [2.75, 3.05) is 12.3 Å². The summed E-state index contributed by atoms with van der Waals surface area (Å²) in [7, 11) is 0. The van der Waals surface area contributed by atoms with Crippen molar-refractivity contribution in [1.29, 1.82) is 0 Å². The van der Waals surface area contributed by atoms with Crippen LogP contribution in [0, 0.1) is 12.8 Å². The van der Waals surface area contributed by atoms with Gasteiger partial charge in [-0.2, -0.15) is 0 Å². The highest BCUT2D eigenvalue weighted by molar-refractivity contribution is 5.95. The van der Waals surface area contributed by atoms with Crippen molar-refractivity contribution in [3.8, 4) is 0 Å². The molecule has 0 aromatic heterocycles. The molecule has 0 heterocycles. The van der Waals surface area contributed by atoms with Crippen LogP contribution in [0.25, 0.3) is 0 Å². The fraction of sp³-hybridized carbons (Fsp3) is 0.417. The van der Waals surface area contributed by atoms with E-state index >= 15 is 0 Å². The molecule has 3 heteroatoms. The van der Waals surface area contributed by atoms with Gasteiger partial charge in [-0.15, -0.1) is 0 Å². The van der Waals surface area contributed by atoms with Gasteiger partial charge in [0.2, 0.25) is 0 Å². The van der Waals surface area contributed by atoms with Crippen molar-refractivity contribution < 1.29 is 9.53 Å². The van der Waals surface area contributed by atoms with E-state index in [1.807, 2.05) is 26.8 Å².